The lowest BCUT2D eigenvalue weighted by atomic mass is 10.2. The van der Waals surface area contributed by atoms with Crippen LogP contribution in [-0.2, 0) is 4.79 Å². The van der Waals surface area contributed by atoms with E-state index in [9.17, 15) is 4.79 Å². The third-order valence-corrected chi connectivity index (χ3v) is 3.00. The van der Waals surface area contributed by atoms with Crippen LogP contribution in [0.2, 0.25) is 5.02 Å². The summed E-state index contributed by atoms with van der Waals surface area (Å²) in [5.41, 5.74) is 5.62. The second-order valence-corrected chi connectivity index (χ2v) is 5.07. The van der Waals surface area contributed by atoms with Crippen molar-refractivity contribution in [2.45, 2.75) is 25.8 Å². The van der Waals surface area contributed by atoms with E-state index in [1.807, 2.05) is 6.92 Å². The molecule has 5 heteroatoms. The van der Waals surface area contributed by atoms with Crippen LogP contribution in [0, 0.1) is 0 Å². The van der Waals surface area contributed by atoms with Crippen molar-refractivity contribution < 1.29 is 9.53 Å². The summed E-state index contributed by atoms with van der Waals surface area (Å²) in [6.45, 7) is 2.92. The predicted octanol–water partition coefficient (Wildman–Crippen LogP) is 2.30. The molecular formula is C14H21ClN2O2. The quantitative estimate of drug-likeness (QED) is 0.836. The lowest BCUT2D eigenvalue weighted by molar-refractivity contribution is -0.130. The van der Waals surface area contributed by atoms with Crippen LogP contribution in [0.1, 0.15) is 19.8 Å². The van der Waals surface area contributed by atoms with Gasteiger partial charge >= 0.3 is 0 Å². The Kier molecular flexibility index (Phi) is 6.67. The van der Waals surface area contributed by atoms with E-state index < -0.39 is 0 Å². The van der Waals surface area contributed by atoms with E-state index in [1.54, 1.807) is 36.2 Å². The fraction of sp³-hybridized carbons (Fsp3) is 0.500. The first-order valence-electron chi connectivity index (χ1n) is 6.37. The van der Waals surface area contributed by atoms with Crippen molar-refractivity contribution in [1.82, 2.24) is 4.90 Å². The molecule has 0 saturated heterocycles. The van der Waals surface area contributed by atoms with Crippen LogP contribution in [0.3, 0.4) is 0 Å². The molecule has 0 aromatic heterocycles. The summed E-state index contributed by atoms with van der Waals surface area (Å²) in [7, 11) is 1.77. The number of amides is 1. The zero-order valence-electron chi connectivity index (χ0n) is 11.4. The zero-order chi connectivity index (χ0) is 14.3. The zero-order valence-corrected chi connectivity index (χ0v) is 12.2. The molecule has 0 bridgehead atoms. The molecule has 0 spiro atoms. The van der Waals surface area contributed by atoms with Gasteiger partial charge in [0.1, 0.15) is 12.4 Å². The number of ether oxygens (including phenoxy) is 1. The van der Waals surface area contributed by atoms with Gasteiger partial charge in [-0.2, -0.15) is 0 Å². The summed E-state index contributed by atoms with van der Waals surface area (Å²) in [6, 6.07) is 7.21. The average molecular weight is 285 g/mol. The first kappa shape index (κ1) is 15.8. The first-order chi connectivity index (χ1) is 8.99. The monoisotopic (exact) mass is 284 g/mol. The molecular weight excluding hydrogens is 264 g/mol. The largest absolute Gasteiger partial charge is 0.492 e. The predicted molar refractivity (Wildman–Crippen MR) is 77.5 cm³/mol. The number of carbonyl (C=O) groups excluding carboxylic acids is 1. The summed E-state index contributed by atoms with van der Waals surface area (Å²) < 4.78 is 5.53. The van der Waals surface area contributed by atoms with Crippen molar-refractivity contribution in [3.05, 3.63) is 29.3 Å². The molecule has 1 amide bonds. The Labute approximate surface area is 119 Å². The Morgan fingerprint density at radius 2 is 2.05 bits per heavy atom. The Hall–Kier alpha value is -1.26. The number of nitrogens with two attached hydrogens (primary N) is 1. The molecule has 0 aliphatic heterocycles. The first-order valence-corrected chi connectivity index (χ1v) is 6.74. The van der Waals surface area contributed by atoms with E-state index in [0.717, 1.165) is 5.75 Å². The highest BCUT2D eigenvalue weighted by molar-refractivity contribution is 6.30. The highest BCUT2D eigenvalue weighted by atomic mass is 35.5. The maximum Gasteiger partial charge on any atom is 0.222 e. The Morgan fingerprint density at radius 3 is 2.63 bits per heavy atom. The van der Waals surface area contributed by atoms with Crippen LogP contribution in [-0.4, -0.2) is 37.0 Å². The molecule has 19 heavy (non-hydrogen) atoms. The minimum absolute atomic E-state index is 0.0580. The molecule has 2 N–H and O–H groups in total. The van der Waals surface area contributed by atoms with Gasteiger partial charge in [0, 0.05) is 24.5 Å². The van der Waals surface area contributed by atoms with Crippen molar-refractivity contribution in [2.75, 3.05) is 20.2 Å². The van der Waals surface area contributed by atoms with Gasteiger partial charge in [-0.1, -0.05) is 11.6 Å². The number of benzene rings is 1. The second-order valence-electron chi connectivity index (χ2n) is 4.63. The topological polar surface area (TPSA) is 55.6 Å². The maximum atomic E-state index is 11.7. The summed E-state index contributed by atoms with van der Waals surface area (Å²) >= 11 is 5.78. The van der Waals surface area contributed by atoms with Crippen molar-refractivity contribution in [3.8, 4) is 5.75 Å². The van der Waals surface area contributed by atoms with Gasteiger partial charge in [0.2, 0.25) is 5.91 Å². The van der Waals surface area contributed by atoms with Gasteiger partial charge in [0.25, 0.3) is 0 Å². The fourth-order valence-corrected chi connectivity index (χ4v) is 1.62. The molecule has 0 aliphatic carbocycles. The molecule has 1 aromatic carbocycles. The minimum Gasteiger partial charge on any atom is -0.492 e. The van der Waals surface area contributed by atoms with E-state index in [-0.39, 0.29) is 11.9 Å². The third-order valence-electron chi connectivity index (χ3n) is 2.75. The Balaban J connectivity index is 2.24. The summed E-state index contributed by atoms with van der Waals surface area (Å²) in [4.78, 5) is 13.4. The maximum absolute atomic E-state index is 11.7. The van der Waals surface area contributed by atoms with Gasteiger partial charge in [-0.25, -0.2) is 0 Å². The number of halogens is 1. The van der Waals surface area contributed by atoms with Crippen molar-refractivity contribution >= 4 is 17.5 Å². The van der Waals surface area contributed by atoms with Crippen LogP contribution in [0.25, 0.3) is 0 Å². The van der Waals surface area contributed by atoms with Gasteiger partial charge in [-0.15, -0.1) is 0 Å². The van der Waals surface area contributed by atoms with Gasteiger partial charge in [0.05, 0.1) is 6.54 Å². The number of rotatable bonds is 7. The molecule has 1 aromatic rings. The van der Waals surface area contributed by atoms with E-state index >= 15 is 0 Å². The number of likely N-dealkylation sites (N-methyl/N-ethyl adjacent to an activating group) is 1. The Morgan fingerprint density at radius 1 is 1.42 bits per heavy atom. The third kappa shape index (κ3) is 6.45. The number of hydrogen-bond donors (Lipinski definition) is 1. The average Bonchev–Trinajstić information content (AvgIpc) is 2.38. The highest BCUT2D eigenvalue weighted by Gasteiger charge is 2.09. The molecule has 0 radical (unpaired) electrons. The summed E-state index contributed by atoms with van der Waals surface area (Å²) in [6.07, 6.45) is 1.19. The van der Waals surface area contributed by atoms with Gasteiger partial charge in [-0.05, 0) is 37.6 Å². The van der Waals surface area contributed by atoms with E-state index in [1.165, 1.54) is 0 Å². The molecule has 106 valence electrons. The number of nitrogens with zero attached hydrogens (tertiary/aromatic N) is 1. The molecule has 1 unspecified atom stereocenters. The molecule has 0 fully saturated rings. The van der Waals surface area contributed by atoms with Gasteiger partial charge in [-0.3, -0.25) is 4.79 Å². The van der Waals surface area contributed by atoms with E-state index in [2.05, 4.69) is 0 Å². The smallest absolute Gasteiger partial charge is 0.222 e. The number of carbonyl (C=O) groups is 1. The molecule has 1 rings (SSSR count). The fourth-order valence-electron chi connectivity index (χ4n) is 1.50. The Bertz CT molecular complexity index is 393. The molecule has 0 saturated carbocycles. The SMILES string of the molecule is CC(N)CCC(=O)N(C)CCOc1ccc(Cl)cc1. The molecule has 0 heterocycles. The number of hydrogen-bond acceptors (Lipinski definition) is 3. The normalized spacial score (nSPS) is 12.0. The van der Waals surface area contributed by atoms with E-state index in [0.29, 0.717) is 31.0 Å². The van der Waals surface area contributed by atoms with Crippen LogP contribution in [0.15, 0.2) is 24.3 Å². The van der Waals surface area contributed by atoms with Crippen LogP contribution in [0.5, 0.6) is 5.75 Å². The van der Waals surface area contributed by atoms with Crippen molar-refractivity contribution in [1.29, 1.82) is 0 Å². The van der Waals surface area contributed by atoms with Gasteiger partial charge in [0.15, 0.2) is 0 Å². The van der Waals surface area contributed by atoms with Crippen LogP contribution in [0.4, 0.5) is 0 Å². The van der Waals surface area contributed by atoms with Gasteiger partial charge < -0.3 is 15.4 Å². The standard InChI is InChI=1S/C14H21ClN2O2/c1-11(16)3-8-14(18)17(2)9-10-19-13-6-4-12(15)5-7-13/h4-7,11H,3,8-10,16H2,1-2H3. The minimum atomic E-state index is 0.0580. The summed E-state index contributed by atoms with van der Waals surface area (Å²) in [5, 5.41) is 0.676. The summed E-state index contributed by atoms with van der Waals surface area (Å²) in [5.74, 6) is 0.845. The van der Waals surface area contributed by atoms with Crippen LogP contribution < -0.4 is 10.5 Å². The van der Waals surface area contributed by atoms with Crippen LogP contribution >= 0.6 is 11.6 Å². The van der Waals surface area contributed by atoms with Crippen molar-refractivity contribution in [2.24, 2.45) is 5.73 Å². The molecule has 4 nitrogen and oxygen atoms in total. The second kappa shape index (κ2) is 8.02. The van der Waals surface area contributed by atoms with Crippen molar-refractivity contribution in [3.63, 3.8) is 0 Å². The lowest BCUT2D eigenvalue weighted by Crippen LogP contribution is -2.31. The lowest BCUT2D eigenvalue weighted by Gasteiger charge is -2.18. The molecule has 0 aliphatic rings. The molecule has 1 atom stereocenters. The van der Waals surface area contributed by atoms with E-state index in [4.69, 9.17) is 22.1 Å². The highest BCUT2D eigenvalue weighted by Crippen LogP contribution is 2.15.